The van der Waals surface area contributed by atoms with Gasteiger partial charge >= 0.3 is 0 Å². The average Bonchev–Trinajstić information content (AvgIpc) is 3.05. The first-order chi connectivity index (χ1) is 8.90. The molecule has 2 aliphatic carbocycles. The van der Waals surface area contributed by atoms with Crippen molar-refractivity contribution in [1.29, 1.82) is 0 Å². The van der Waals surface area contributed by atoms with Crippen LogP contribution in [-0.2, 0) is 12.8 Å². The van der Waals surface area contributed by atoms with Gasteiger partial charge in [-0.15, -0.1) is 0 Å². The van der Waals surface area contributed by atoms with Gasteiger partial charge in [-0.2, -0.15) is 0 Å². The number of benzene rings is 1. The third-order valence-corrected chi connectivity index (χ3v) is 5.43. The zero-order valence-electron chi connectivity index (χ0n) is 11.1. The molecule has 1 aliphatic heterocycles. The van der Waals surface area contributed by atoms with Gasteiger partial charge in [-0.1, -0.05) is 24.6 Å². The number of nitrogens with one attached hydrogen (secondary N) is 1. The Morgan fingerprint density at radius 2 is 1.83 bits per heavy atom. The zero-order valence-corrected chi connectivity index (χ0v) is 11.1. The molecule has 1 aromatic rings. The van der Waals surface area contributed by atoms with E-state index in [1.54, 1.807) is 16.7 Å². The van der Waals surface area contributed by atoms with Crippen molar-refractivity contribution in [1.82, 2.24) is 5.32 Å². The molecule has 96 valence electrons. The molecule has 4 rings (SSSR count). The number of hydrogen-bond acceptors (Lipinski definition) is 1. The number of hydrogen-bond donors (Lipinski definition) is 1. The molecule has 18 heavy (non-hydrogen) atoms. The second-order valence-electron chi connectivity index (χ2n) is 6.48. The summed E-state index contributed by atoms with van der Waals surface area (Å²) < 4.78 is 0. The Kier molecular flexibility index (Phi) is 2.69. The van der Waals surface area contributed by atoms with Crippen LogP contribution in [0, 0.1) is 5.92 Å². The van der Waals surface area contributed by atoms with E-state index < -0.39 is 0 Å². The molecule has 3 aliphatic rings. The summed E-state index contributed by atoms with van der Waals surface area (Å²) in [5.74, 6) is 0.982. The topological polar surface area (TPSA) is 12.0 Å². The summed E-state index contributed by atoms with van der Waals surface area (Å²) >= 11 is 0. The van der Waals surface area contributed by atoms with Gasteiger partial charge in [0.1, 0.15) is 0 Å². The van der Waals surface area contributed by atoms with Gasteiger partial charge in [0.2, 0.25) is 0 Å². The van der Waals surface area contributed by atoms with Gasteiger partial charge in [0, 0.05) is 12.1 Å². The first-order valence-electron chi connectivity index (χ1n) is 7.78. The highest BCUT2D eigenvalue weighted by atomic mass is 15.0. The maximum absolute atomic E-state index is 3.92. The van der Waals surface area contributed by atoms with Crippen LogP contribution in [0.3, 0.4) is 0 Å². The van der Waals surface area contributed by atoms with Crippen molar-refractivity contribution in [3.8, 4) is 0 Å². The first-order valence-corrected chi connectivity index (χ1v) is 7.78. The minimum atomic E-state index is 0.634. The third-order valence-electron chi connectivity index (χ3n) is 5.43. The minimum absolute atomic E-state index is 0.634. The maximum atomic E-state index is 3.92. The fourth-order valence-corrected chi connectivity index (χ4v) is 4.40. The lowest BCUT2D eigenvalue weighted by Gasteiger charge is -2.34. The molecule has 3 unspecified atom stereocenters. The van der Waals surface area contributed by atoms with E-state index in [1.807, 2.05) is 0 Å². The monoisotopic (exact) mass is 241 g/mol. The predicted molar refractivity (Wildman–Crippen MR) is 74.7 cm³/mol. The molecule has 0 radical (unpaired) electrons. The van der Waals surface area contributed by atoms with Crippen LogP contribution in [0.2, 0.25) is 0 Å². The molecule has 1 N–H and O–H groups in total. The smallest absolute Gasteiger partial charge is 0.0322 e. The molecule has 2 fully saturated rings. The molecule has 0 spiro atoms. The third kappa shape index (κ3) is 1.80. The Morgan fingerprint density at radius 1 is 0.889 bits per heavy atom. The van der Waals surface area contributed by atoms with Crippen molar-refractivity contribution >= 4 is 0 Å². The molecule has 1 saturated carbocycles. The lowest BCUT2D eigenvalue weighted by atomic mass is 9.86. The van der Waals surface area contributed by atoms with Crippen LogP contribution < -0.4 is 5.32 Å². The van der Waals surface area contributed by atoms with Gasteiger partial charge < -0.3 is 5.32 Å². The van der Waals surface area contributed by atoms with Crippen molar-refractivity contribution in [3.05, 3.63) is 34.9 Å². The fourth-order valence-electron chi connectivity index (χ4n) is 4.40. The van der Waals surface area contributed by atoms with E-state index in [-0.39, 0.29) is 0 Å². The second-order valence-corrected chi connectivity index (χ2v) is 6.48. The first kappa shape index (κ1) is 11.0. The normalized spacial score (nSPS) is 34.3. The summed E-state index contributed by atoms with van der Waals surface area (Å²) in [6, 6.07) is 8.72. The van der Waals surface area contributed by atoms with Gasteiger partial charge in [-0.05, 0) is 67.6 Å². The van der Waals surface area contributed by atoms with Gasteiger partial charge in [0.25, 0.3) is 0 Å². The van der Waals surface area contributed by atoms with E-state index in [4.69, 9.17) is 0 Å². The van der Waals surface area contributed by atoms with Crippen LogP contribution in [0.25, 0.3) is 0 Å². The largest absolute Gasteiger partial charge is 0.307 e. The molecule has 1 heterocycles. The number of aryl methyl sites for hydroxylation is 2. The Labute approximate surface area is 110 Å². The van der Waals surface area contributed by atoms with E-state index in [1.165, 1.54) is 51.4 Å². The van der Waals surface area contributed by atoms with Crippen LogP contribution in [0.1, 0.15) is 61.3 Å². The number of fused-ring (bicyclic) bond motifs is 2. The number of piperidine rings is 1. The van der Waals surface area contributed by atoms with Gasteiger partial charge in [0.15, 0.2) is 0 Å². The Hall–Kier alpha value is -0.820. The van der Waals surface area contributed by atoms with Crippen LogP contribution >= 0.6 is 0 Å². The summed E-state index contributed by atoms with van der Waals surface area (Å²) in [5.41, 5.74) is 4.79. The SMILES string of the molecule is c1cc2c(cc1C1CCC3CCCC3N1)CCC2. The zero-order chi connectivity index (χ0) is 11.9. The summed E-state index contributed by atoms with van der Waals surface area (Å²) in [6.45, 7) is 0. The molecule has 0 aromatic heterocycles. The quantitative estimate of drug-likeness (QED) is 0.789. The maximum Gasteiger partial charge on any atom is 0.0322 e. The molecule has 3 atom stereocenters. The van der Waals surface area contributed by atoms with E-state index in [2.05, 4.69) is 23.5 Å². The van der Waals surface area contributed by atoms with Crippen molar-refractivity contribution < 1.29 is 0 Å². The molecule has 1 aromatic carbocycles. The summed E-state index contributed by atoms with van der Waals surface area (Å²) in [6.07, 6.45) is 11.1. The Morgan fingerprint density at radius 3 is 2.83 bits per heavy atom. The molecule has 1 saturated heterocycles. The van der Waals surface area contributed by atoms with Crippen LogP contribution in [0.5, 0.6) is 0 Å². The predicted octanol–water partition coefficient (Wildman–Crippen LogP) is 3.77. The van der Waals surface area contributed by atoms with Gasteiger partial charge in [-0.3, -0.25) is 0 Å². The molecule has 0 bridgehead atoms. The summed E-state index contributed by atoms with van der Waals surface area (Å²) in [7, 11) is 0. The van der Waals surface area contributed by atoms with Crippen molar-refractivity contribution in [2.24, 2.45) is 5.92 Å². The summed E-state index contributed by atoms with van der Waals surface area (Å²) in [4.78, 5) is 0. The van der Waals surface area contributed by atoms with E-state index in [0.29, 0.717) is 6.04 Å². The number of rotatable bonds is 1. The Balaban J connectivity index is 1.56. The molecular formula is C17H23N. The fraction of sp³-hybridized carbons (Fsp3) is 0.647. The molecule has 1 nitrogen and oxygen atoms in total. The molecule has 0 amide bonds. The van der Waals surface area contributed by atoms with Crippen LogP contribution in [0.15, 0.2) is 18.2 Å². The lowest BCUT2D eigenvalue weighted by molar-refractivity contribution is 0.261. The Bertz CT molecular complexity index is 451. The van der Waals surface area contributed by atoms with Crippen molar-refractivity contribution in [3.63, 3.8) is 0 Å². The van der Waals surface area contributed by atoms with Gasteiger partial charge in [0.05, 0.1) is 0 Å². The highest BCUT2D eigenvalue weighted by molar-refractivity contribution is 5.36. The van der Waals surface area contributed by atoms with Gasteiger partial charge in [-0.25, -0.2) is 0 Å². The molecular weight excluding hydrogens is 218 g/mol. The highest BCUT2D eigenvalue weighted by Gasteiger charge is 2.33. The van der Waals surface area contributed by atoms with E-state index in [9.17, 15) is 0 Å². The highest BCUT2D eigenvalue weighted by Crippen LogP contribution is 2.38. The van der Waals surface area contributed by atoms with Crippen molar-refractivity contribution in [2.45, 2.75) is 63.5 Å². The second kappa shape index (κ2) is 4.38. The van der Waals surface area contributed by atoms with E-state index >= 15 is 0 Å². The average molecular weight is 241 g/mol. The van der Waals surface area contributed by atoms with Crippen LogP contribution in [0.4, 0.5) is 0 Å². The molecule has 1 heteroatoms. The standard InChI is InChI=1S/C17H23N/c1-3-12-7-8-15(11-14(12)5-1)17-10-9-13-4-2-6-16(13)18-17/h7-8,11,13,16-18H,1-6,9-10H2. The van der Waals surface area contributed by atoms with Crippen molar-refractivity contribution in [2.75, 3.05) is 0 Å². The van der Waals surface area contributed by atoms with E-state index in [0.717, 1.165) is 12.0 Å². The lowest BCUT2D eigenvalue weighted by Crippen LogP contribution is -2.40. The minimum Gasteiger partial charge on any atom is -0.307 e. The van der Waals surface area contributed by atoms with Crippen LogP contribution in [-0.4, -0.2) is 6.04 Å². The summed E-state index contributed by atoms with van der Waals surface area (Å²) in [5, 5.41) is 3.92.